The van der Waals surface area contributed by atoms with Crippen molar-refractivity contribution < 1.29 is 14.3 Å². The predicted molar refractivity (Wildman–Crippen MR) is 67.4 cm³/mol. The number of nitrogens with one attached hydrogen (secondary N) is 1. The topological polar surface area (TPSA) is 62.5 Å². The van der Waals surface area contributed by atoms with Gasteiger partial charge in [-0.15, -0.1) is 0 Å². The molecule has 0 aliphatic carbocycles. The van der Waals surface area contributed by atoms with Gasteiger partial charge in [0.15, 0.2) is 0 Å². The molecule has 0 aliphatic rings. The average molecular weight is 245 g/mol. The highest BCUT2D eigenvalue weighted by molar-refractivity contribution is 5.87. The summed E-state index contributed by atoms with van der Waals surface area (Å²) in [6.45, 7) is 3.29. The Hall–Kier alpha value is -2.07. The van der Waals surface area contributed by atoms with Crippen molar-refractivity contribution in [3.8, 4) is 0 Å². The molecule has 18 heavy (non-hydrogen) atoms. The average Bonchev–Trinajstić information content (AvgIpc) is 2.81. The Morgan fingerprint density at radius 3 is 2.61 bits per heavy atom. The van der Waals surface area contributed by atoms with Gasteiger partial charge in [-0.2, -0.15) is 0 Å². The Labute approximate surface area is 105 Å². The first-order valence-corrected chi connectivity index (χ1v) is 5.72. The zero-order valence-corrected chi connectivity index (χ0v) is 10.1. The second-order valence-corrected chi connectivity index (χ2v) is 4.20. The summed E-state index contributed by atoms with van der Waals surface area (Å²) < 4.78 is 5.14. The number of hydrogen-bond acceptors (Lipinski definition) is 3. The maximum atomic E-state index is 10.7. The number of hydrogen-bond donors (Lipinski definition) is 2. The third-order valence-corrected chi connectivity index (χ3v) is 2.65. The zero-order chi connectivity index (χ0) is 13.0. The summed E-state index contributed by atoms with van der Waals surface area (Å²) >= 11 is 0. The van der Waals surface area contributed by atoms with Crippen LogP contribution in [0, 0.1) is 6.92 Å². The summed E-state index contributed by atoms with van der Waals surface area (Å²) in [6, 6.07) is 9.78. The monoisotopic (exact) mass is 245 g/mol. The lowest BCUT2D eigenvalue weighted by molar-refractivity contribution is 0.0696. The number of aromatic carboxylic acids is 1. The maximum absolute atomic E-state index is 10.7. The van der Waals surface area contributed by atoms with Crippen molar-refractivity contribution in [2.45, 2.75) is 20.0 Å². The Bertz CT molecular complexity index is 528. The fraction of sp³-hybridized carbons (Fsp3) is 0.214. The first kappa shape index (κ1) is 12.4. The fourth-order valence-electron chi connectivity index (χ4n) is 1.62. The van der Waals surface area contributed by atoms with E-state index in [9.17, 15) is 4.79 Å². The molecular weight excluding hydrogens is 230 g/mol. The number of benzene rings is 1. The molecule has 0 bridgehead atoms. The molecule has 94 valence electrons. The molecule has 2 N–H and O–H groups in total. The Morgan fingerprint density at radius 1 is 1.28 bits per heavy atom. The molecule has 0 spiro atoms. The van der Waals surface area contributed by atoms with Crippen LogP contribution in [-0.4, -0.2) is 11.1 Å². The van der Waals surface area contributed by atoms with Crippen LogP contribution in [0.1, 0.15) is 27.2 Å². The van der Waals surface area contributed by atoms with Gasteiger partial charge in [0.05, 0.1) is 12.1 Å². The molecular formula is C14H15NO3. The lowest BCUT2D eigenvalue weighted by atomic mass is 10.1. The largest absolute Gasteiger partial charge is 0.478 e. The molecule has 4 nitrogen and oxygen atoms in total. The fourth-order valence-corrected chi connectivity index (χ4v) is 1.62. The van der Waals surface area contributed by atoms with E-state index in [0.29, 0.717) is 12.3 Å². The van der Waals surface area contributed by atoms with E-state index in [-0.39, 0.29) is 5.56 Å². The van der Waals surface area contributed by atoms with Gasteiger partial charge in [0.1, 0.15) is 12.0 Å². The van der Waals surface area contributed by atoms with Gasteiger partial charge in [0.25, 0.3) is 0 Å². The number of carboxylic acids is 1. The molecule has 0 saturated heterocycles. The number of furan rings is 1. The lowest BCUT2D eigenvalue weighted by Gasteiger charge is -2.03. The van der Waals surface area contributed by atoms with Gasteiger partial charge in [-0.25, -0.2) is 4.79 Å². The van der Waals surface area contributed by atoms with Crippen LogP contribution in [0.4, 0.5) is 0 Å². The number of carboxylic acid groups (broad SMARTS) is 1. The maximum Gasteiger partial charge on any atom is 0.338 e. The van der Waals surface area contributed by atoms with Crippen LogP contribution in [0.5, 0.6) is 0 Å². The van der Waals surface area contributed by atoms with E-state index in [1.54, 1.807) is 0 Å². The molecule has 0 radical (unpaired) electrons. The summed E-state index contributed by atoms with van der Waals surface area (Å²) in [4.78, 5) is 10.7. The van der Waals surface area contributed by atoms with E-state index in [1.165, 1.54) is 23.5 Å². The molecule has 0 unspecified atom stereocenters. The van der Waals surface area contributed by atoms with Crippen molar-refractivity contribution in [2.24, 2.45) is 0 Å². The molecule has 1 aromatic heterocycles. The molecule has 0 atom stereocenters. The van der Waals surface area contributed by atoms with E-state index >= 15 is 0 Å². The number of aryl methyl sites for hydroxylation is 1. The van der Waals surface area contributed by atoms with Gasteiger partial charge in [-0.1, -0.05) is 29.8 Å². The van der Waals surface area contributed by atoms with Gasteiger partial charge in [0, 0.05) is 6.54 Å². The van der Waals surface area contributed by atoms with Crippen LogP contribution < -0.4 is 5.32 Å². The van der Waals surface area contributed by atoms with Crippen molar-refractivity contribution in [1.29, 1.82) is 0 Å². The first-order chi connectivity index (χ1) is 8.65. The highest BCUT2D eigenvalue weighted by Crippen LogP contribution is 2.08. The SMILES string of the molecule is Cc1ccc(CNCc2cc(C(=O)O)co2)cc1. The molecule has 1 aromatic carbocycles. The Balaban J connectivity index is 1.84. The van der Waals surface area contributed by atoms with Gasteiger partial charge >= 0.3 is 5.97 Å². The van der Waals surface area contributed by atoms with Crippen LogP contribution in [0.3, 0.4) is 0 Å². The van der Waals surface area contributed by atoms with Gasteiger partial charge in [-0.05, 0) is 18.6 Å². The summed E-state index contributed by atoms with van der Waals surface area (Å²) in [5.74, 6) is -0.344. The van der Waals surface area contributed by atoms with E-state index in [4.69, 9.17) is 9.52 Å². The zero-order valence-electron chi connectivity index (χ0n) is 10.1. The minimum Gasteiger partial charge on any atom is -0.478 e. The number of rotatable bonds is 5. The summed E-state index contributed by atoms with van der Waals surface area (Å²) in [7, 11) is 0. The quantitative estimate of drug-likeness (QED) is 0.849. The minimum absolute atomic E-state index is 0.183. The van der Waals surface area contributed by atoms with Crippen molar-refractivity contribution in [2.75, 3.05) is 0 Å². The van der Waals surface area contributed by atoms with Crippen molar-refractivity contribution in [1.82, 2.24) is 5.32 Å². The minimum atomic E-state index is -0.969. The first-order valence-electron chi connectivity index (χ1n) is 5.72. The van der Waals surface area contributed by atoms with Crippen molar-refractivity contribution in [3.05, 3.63) is 59.0 Å². The molecule has 2 rings (SSSR count). The number of carbonyl (C=O) groups is 1. The van der Waals surface area contributed by atoms with Gasteiger partial charge in [-0.3, -0.25) is 0 Å². The van der Waals surface area contributed by atoms with Crippen LogP contribution in [-0.2, 0) is 13.1 Å². The van der Waals surface area contributed by atoms with Crippen LogP contribution in [0.15, 0.2) is 41.0 Å². The van der Waals surface area contributed by atoms with Gasteiger partial charge in [0.2, 0.25) is 0 Å². The molecule has 2 aromatic rings. The second-order valence-electron chi connectivity index (χ2n) is 4.20. The third-order valence-electron chi connectivity index (χ3n) is 2.65. The van der Waals surface area contributed by atoms with Crippen LogP contribution in [0.25, 0.3) is 0 Å². The molecule has 4 heteroatoms. The second kappa shape index (κ2) is 5.51. The standard InChI is InChI=1S/C14H15NO3/c1-10-2-4-11(5-3-10)7-15-8-13-6-12(9-18-13)14(16)17/h2-6,9,15H,7-8H2,1H3,(H,16,17). The van der Waals surface area contributed by atoms with E-state index < -0.39 is 5.97 Å². The third kappa shape index (κ3) is 3.21. The molecule has 1 heterocycles. The van der Waals surface area contributed by atoms with E-state index in [2.05, 4.69) is 29.6 Å². The van der Waals surface area contributed by atoms with Crippen LogP contribution >= 0.6 is 0 Å². The Kier molecular flexibility index (Phi) is 3.79. The highest BCUT2D eigenvalue weighted by Gasteiger charge is 2.07. The molecule has 0 fully saturated rings. The summed E-state index contributed by atoms with van der Waals surface area (Å²) in [5, 5.41) is 12.0. The van der Waals surface area contributed by atoms with Crippen molar-refractivity contribution in [3.63, 3.8) is 0 Å². The summed E-state index contributed by atoms with van der Waals surface area (Å²) in [5.41, 5.74) is 2.60. The molecule has 0 saturated carbocycles. The summed E-state index contributed by atoms with van der Waals surface area (Å²) in [6.07, 6.45) is 1.26. The smallest absolute Gasteiger partial charge is 0.338 e. The Morgan fingerprint density at radius 2 is 2.00 bits per heavy atom. The predicted octanol–water partition coefficient (Wildman–Crippen LogP) is 2.58. The molecule has 0 amide bonds. The van der Waals surface area contributed by atoms with Crippen LogP contribution in [0.2, 0.25) is 0 Å². The lowest BCUT2D eigenvalue weighted by Crippen LogP contribution is -2.12. The molecule has 0 aliphatic heterocycles. The van der Waals surface area contributed by atoms with Gasteiger partial charge < -0.3 is 14.8 Å². The van der Waals surface area contributed by atoms with Crippen molar-refractivity contribution >= 4 is 5.97 Å². The van der Waals surface area contributed by atoms with E-state index in [0.717, 1.165) is 6.54 Å². The normalized spacial score (nSPS) is 10.5. The highest BCUT2D eigenvalue weighted by atomic mass is 16.4. The van der Waals surface area contributed by atoms with E-state index in [1.807, 2.05) is 6.92 Å².